The van der Waals surface area contributed by atoms with Gasteiger partial charge in [-0.2, -0.15) is 5.26 Å². The number of nitrogens with zero attached hydrogens (tertiary/aromatic N) is 2. The first-order valence-corrected chi connectivity index (χ1v) is 6.28. The van der Waals surface area contributed by atoms with Crippen LogP contribution in [-0.4, -0.2) is 11.7 Å². The highest BCUT2D eigenvalue weighted by atomic mass is 19.1. The third-order valence-electron chi connectivity index (χ3n) is 3.64. The molecule has 0 aliphatic rings. The topological polar surface area (TPSA) is 37.9 Å². The first-order chi connectivity index (χ1) is 9.67. The molecule has 0 bridgehead atoms. The lowest BCUT2D eigenvalue weighted by Crippen LogP contribution is -1.93. The quantitative estimate of drug-likeness (QED) is 0.713. The van der Waals surface area contributed by atoms with Crippen molar-refractivity contribution in [2.24, 2.45) is 7.05 Å². The number of halogens is 1. The maximum absolute atomic E-state index is 13.6. The highest BCUT2D eigenvalue weighted by Gasteiger charge is 2.16. The smallest absolute Gasteiger partial charge is 0.143 e. The highest BCUT2D eigenvalue weighted by Crippen LogP contribution is 2.36. The molecule has 0 fully saturated rings. The summed E-state index contributed by atoms with van der Waals surface area (Å²) in [5.74, 6) is 0.441. The minimum Gasteiger partial charge on any atom is -0.495 e. The number of rotatable bonds is 2. The molecule has 0 unspecified atom stereocenters. The van der Waals surface area contributed by atoms with E-state index in [1.54, 1.807) is 13.2 Å². The van der Waals surface area contributed by atoms with Crippen molar-refractivity contribution in [3.05, 3.63) is 41.7 Å². The second-order valence-corrected chi connectivity index (χ2v) is 4.71. The summed E-state index contributed by atoms with van der Waals surface area (Å²) in [5.41, 5.74) is 2.70. The van der Waals surface area contributed by atoms with Gasteiger partial charge in [0, 0.05) is 23.3 Å². The second-order valence-electron chi connectivity index (χ2n) is 4.71. The van der Waals surface area contributed by atoms with Gasteiger partial charge < -0.3 is 9.30 Å². The number of hydrogen-bond acceptors (Lipinski definition) is 2. The summed E-state index contributed by atoms with van der Waals surface area (Å²) >= 11 is 0. The number of aryl methyl sites for hydroxylation is 1. The van der Waals surface area contributed by atoms with Crippen LogP contribution in [0.3, 0.4) is 0 Å². The molecule has 3 nitrogen and oxygen atoms in total. The maximum atomic E-state index is 13.6. The monoisotopic (exact) mass is 268 g/mol. The van der Waals surface area contributed by atoms with E-state index in [0.29, 0.717) is 0 Å². The average Bonchev–Trinajstić information content (AvgIpc) is 2.73. The van der Waals surface area contributed by atoms with Crippen molar-refractivity contribution in [2.45, 2.75) is 6.42 Å². The molecule has 20 heavy (non-hydrogen) atoms. The van der Waals surface area contributed by atoms with Crippen LogP contribution in [0.1, 0.15) is 5.56 Å². The molecule has 0 saturated carbocycles. The Morgan fingerprint density at radius 2 is 2.10 bits per heavy atom. The number of nitriles is 1. The largest absolute Gasteiger partial charge is 0.495 e. The summed E-state index contributed by atoms with van der Waals surface area (Å²) in [6.07, 6.45) is 0.288. The van der Waals surface area contributed by atoms with E-state index in [4.69, 9.17) is 10.00 Å². The molecular formula is C16H13FN2O. The zero-order valence-electron chi connectivity index (χ0n) is 11.3. The Balaban J connectivity index is 2.56. The summed E-state index contributed by atoms with van der Waals surface area (Å²) in [6, 6.07) is 10.6. The molecule has 0 radical (unpaired) electrons. The standard InChI is InChI=1S/C16H13FN2O/c1-19-13-5-4-11(17)9-12(13)15-10(7-8-18)3-6-14(20-2)16(15)19/h3-6,9H,7H2,1-2H3. The summed E-state index contributed by atoms with van der Waals surface area (Å²) in [6.45, 7) is 0. The predicted molar refractivity (Wildman–Crippen MR) is 76.3 cm³/mol. The number of benzene rings is 2. The van der Waals surface area contributed by atoms with Gasteiger partial charge in [0.05, 0.1) is 25.1 Å². The molecule has 0 N–H and O–H groups in total. The SMILES string of the molecule is COc1ccc(CC#N)c2c3cc(F)ccc3n(C)c12. The normalized spacial score (nSPS) is 10.9. The Labute approximate surface area is 115 Å². The molecule has 0 amide bonds. The maximum Gasteiger partial charge on any atom is 0.143 e. The number of methoxy groups -OCH3 is 1. The van der Waals surface area contributed by atoms with Crippen LogP contribution >= 0.6 is 0 Å². The number of hydrogen-bond donors (Lipinski definition) is 0. The Morgan fingerprint density at radius 3 is 2.80 bits per heavy atom. The van der Waals surface area contributed by atoms with Crippen LogP contribution in [0.15, 0.2) is 30.3 Å². The fourth-order valence-corrected chi connectivity index (χ4v) is 2.77. The number of fused-ring (bicyclic) bond motifs is 3. The van der Waals surface area contributed by atoms with Crippen molar-refractivity contribution in [3.63, 3.8) is 0 Å². The van der Waals surface area contributed by atoms with Crippen LogP contribution in [0.5, 0.6) is 5.75 Å². The molecule has 2 aromatic carbocycles. The fraction of sp³-hybridized carbons (Fsp3) is 0.188. The van der Waals surface area contributed by atoms with Gasteiger partial charge in [-0.1, -0.05) is 6.07 Å². The number of ether oxygens (including phenoxy) is 1. The van der Waals surface area contributed by atoms with Gasteiger partial charge in [0.1, 0.15) is 11.6 Å². The van der Waals surface area contributed by atoms with Crippen molar-refractivity contribution in [3.8, 4) is 11.8 Å². The van der Waals surface area contributed by atoms with Crippen molar-refractivity contribution < 1.29 is 9.13 Å². The average molecular weight is 268 g/mol. The summed E-state index contributed by atoms with van der Waals surface area (Å²) in [4.78, 5) is 0. The summed E-state index contributed by atoms with van der Waals surface area (Å²) < 4.78 is 20.9. The van der Waals surface area contributed by atoms with Crippen molar-refractivity contribution in [1.82, 2.24) is 4.57 Å². The Morgan fingerprint density at radius 1 is 1.30 bits per heavy atom. The summed E-state index contributed by atoms with van der Waals surface area (Å²) in [5, 5.41) is 10.7. The molecule has 3 rings (SSSR count). The van der Waals surface area contributed by atoms with E-state index in [1.165, 1.54) is 12.1 Å². The lowest BCUT2D eigenvalue weighted by Gasteiger charge is -2.07. The molecule has 0 saturated heterocycles. The van der Waals surface area contributed by atoms with Gasteiger partial charge in [0.2, 0.25) is 0 Å². The Bertz CT molecular complexity index is 858. The second kappa shape index (κ2) is 4.53. The third-order valence-corrected chi connectivity index (χ3v) is 3.64. The van der Waals surface area contributed by atoms with Crippen LogP contribution < -0.4 is 4.74 Å². The highest BCUT2D eigenvalue weighted by molar-refractivity contribution is 6.11. The molecule has 4 heteroatoms. The number of aromatic nitrogens is 1. The van der Waals surface area contributed by atoms with E-state index in [9.17, 15) is 4.39 Å². The zero-order chi connectivity index (χ0) is 14.3. The van der Waals surface area contributed by atoms with Crippen molar-refractivity contribution >= 4 is 21.8 Å². The lowest BCUT2D eigenvalue weighted by atomic mass is 10.0. The first kappa shape index (κ1) is 12.5. The predicted octanol–water partition coefficient (Wildman–Crippen LogP) is 3.55. The van der Waals surface area contributed by atoms with Gasteiger partial charge in [-0.05, 0) is 29.8 Å². The Kier molecular flexibility index (Phi) is 2.83. The van der Waals surface area contributed by atoms with Gasteiger partial charge in [0.15, 0.2) is 0 Å². The molecule has 1 aromatic heterocycles. The molecule has 0 atom stereocenters. The van der Waals surface area contributed by atoms with Crippen molar-refractivity contribution in [1.29, 1.82) is 5.26 Å². The van der Waals surface area contributed by atoms with Crippen LogP contribution in [0, 0.1) is 17.1 Å². The van der Waals surface area contributed by atoms with E-state index in [1.807, 2.05) is 23.7 Å². The van der Waals surface area contributed by atoms with Gasteiger partial charge >= 0.3 is 0 Å². The van der Waals surface area contributed by atoms with Gasteiger partial charge in [-0.3, -0.25) is 0 Å². The minimum absolute atomic E-state index is 0.282. The van der Waals surface area contributed by atoms with Crippen LogP contribution in [0.25, 0.3) is 21.8 Å². The molecule has 1 heterocycles. The van der Waals surface area contributed by atoms with Gasteiger partial charge in [0.25, 0.3) is 0 Å². The van der Waals surface area contributed by atoms with Gasteiger partial charge in [-0.15, -0.1) is 0 Å². The molecule has 100 valence electrons. The van der Waals surface area contributed by atoms with Crippen molar-refractivity contribution in [2.75, 3.05) is 7.11 Å². The Hall–Kier alpha value is -2.54. The molecule has 3 aromatic rings. The van der Waals surface area contributed by atoms with E-state index >= 15 is 0 Å². The summed E-state index contributed by atoms with van der Waals surface area (Å²) in [7, 11) is 3.53. The zero-order valence-corrected chi connectivity index (χ0v) is 11.3. The van der Waals surface area contributed by atoms with E-state index in [0.717, 1.165) is 33.1 Å². The molecule has 0 aliphatic heterocycles. The minimum atomic E-state index is -0.282. The lowest BCUT2D eigenvalue weighted by molar-refractivity contribution is 0.418. The van der Waals surface area contributed by atoms with E-state index in [-0.39, 0.29) is 12.2 Å². The van der Waals surface area contributed by atoms with Crippen LogP contribution in [0.2, 0.25) is 0 Å². The molecular weight excluding hydrogens is 255 g/mol. The van der Waals surface area contributed by atoms with Crippen LogP contribution in [0.4, 0.5) is 4.39 Å². The molecule has 0 aliphatic carbocycles. The van der Waals surface area contributed by atoms with Crippen LogP contribution in [-0.2, 0) is 13.5 Å². The fourth-order valence-electron chi connectivity index (χ4n) is 2.77. The van der Waals surface area contributed by atoms with E-state index in [2.05, 4.69) is 6.07 Å². The van der Waals surface area contributed by atoms with E-state index < -0.39 is 0 Å². The van der Waals surface area contributed by atoms with Gasteiger partial charge in [-0.25, -0.2) is 4.39 Å². The molecule has 0 spiro atoms. The first-order valence-electron chi connectivity index (χ1n) is 6.28. The third kappa shape index (κ3) is 1.64.